The fraction of sp³-hybridized carbons (Fsp3) is 0.667. The van der Waals surface area contributed by atoms with E-state index in [-0.39, 0.29) is 0 Å². The van der Waals surface area contributed by atoms with E-state index in [1.165, 1.54) is 24.3 Å². The van der Waals surface area contributed by atoms with E-state index in [1.807, 2.05) is 11.7 Å². The molecule has 1 fully saturated rings. The van der Waals surface area contributed by atoms with E-state index in [0.29, 0.717) is 6.04 Å². The maximum atomic E-state index is 5.70. The van der Waals surface area contributed by atoms with Gasteiger partial charge < -0.3 is 5.73 Å². The number of nitrogens with zero attached hydrogens (tertiary/aromatic N) is 2. The predicted octanol–water partition coefficient (Wildman–Crippen LogP) is 1.07. The molecule has 0 spiro atoms. The molecule has 2 rings (SSSR count). The Bertz CT molecular complexity index is 247. The minimum atomic E-state index is 0.599. The summed E-state index contributed by atoms with van der Waals surface area (Å²) in [6, 6.07) is 0.599. The zero-order valence-electron chi connectivity index (χ0n) is 7.65. The van der Waals surface area contributed by atoms with Crippen LogP contribution in [-0.4, -0.2) is 29.0 Å². The molecule has 1 aromatic rings. The van der Waals surface area contributed by atoms with Crippen LogP contribution in [0.2, 0.25) is 0 Å². The molecule has 72 valence electrons. The molecule has 0 radical (unpaired) electrons. The summed E-state index contributed by atoms with van der Waals surface area (Å²) < 4.78 is 0. The van der Waals surface area contributed by atoms with Gasteiger partial charge in [-0.3, -0.25) is 9.88 Å². The summed E-state index contributed by atoms with van der Waals surface area (Å²) in [5.74, 6) is 0. The van der Waals surface area contributed by atoms with Gasteiger partial charge in [0.2, 0.25) is 0 Å². The molecule has 1 aliphatic heterocycles. The highest BCUT2D eigenvalue weighted by atomic mass is 32.1. The second-order valence-electron chi connectivity index (χ2n) is 3.47. The molecule has 0 aromatic carbocycles. The summed E-state index contributed by atoms with van der Waals surface area (Å²) in [7, 11) is 0. The Kier molecular flexibility index (Phi) is 2.93. The van der Waals surface area contributed by atoms with Crippen molar-refractivity contribution in [2.24, 2.45) is 5.73 Å². The van der Waals surface area contributed by atoms with E-state index >= 15 is 0 Å². The molecule has 4 heteroatoms. The van der Waals surface area contributed by atoms with Gasteiger partial charge in [0, 0.05) is 30.2 Å². The Morgan fingerprint density at radius 1 is 1.69 bits per heavy atom. The number of hydrogen-bond donors (Lipinski definition) is 1. The fourth-order valence-corrected chi connectivity index (χ4v) is 2.51. The van der Waals surface area contributed by atoms with Crippen LogP contribution in [0.1, 0.15) is 17.7 Å². The third-order valence-corrected chi connectivity index (χ3v) is 3.38. The first-order valence-corrected chi connectivity index (χ1v) is 5.59. The van der Waals surface area contributed by atoms with E-state index < -0.39 is 0 Å². The van der Waals surface area contributed by atoms with E-state index in [9.17, 15) is 0 Å². The van der Waals surface area contributed by atoms with Gasteiger partial charge in [-0.1, -0.05) is 0 Å². The zero-order valence-corrected chi connectivity index (χ0v) is 8.46. The molecule has 3 nitrogen and oxygen atoms in total. The van der Waals surface area contributed by atoms with Crippen LogP contribution in [0.3, 0.4) is 0 Å². The normalized spacial score (nSPS) is 23.9. The summed E-state index contributed by atoms with van der Waals surface area (Å²) in [5, 5.41) is 0. The summed E-state index contributed by atoms with van der Waals surface area (Å²) in [6.45, 7) is 3.02. The van der Waals surface area contributed by atoms with Gasteiger partial charge in [0.05, 0.1) is 5.51 Å². The van der Waals surface area contributed by atoms with Crippen molar-refractivity contribution >= 4 is 11.3 Å². The SMILES string of the molecule is NC[C@H]1CCCN1Cc1cncs1. The van der Waals surface area contributed by atoms with Crippen LogP contribution in [0.4, 0.5) is 0 Å². The number of likely N-dealkylation sites (tertiary alicyclic amines) is 1. The van der Waals surface area contributed by atoms with Crippen molar-refractivity contribution in [3.8, 4) is 0 Å². The minimum Gasteiger partial charge on any atom is -0.329 e. The Hall–Kier alpha value is -0.450. The maximum absolute atomic E-state index is 5.70. The minimum absolute atomic E-state index is 0.599. The van der Waals surface area contributed by atoms with Crippen molar-refractivity contribution in [1.29, 1.82) is 0 Å². The number of aromatic nitrogens is 1. The van der Waals surface area contributed by atoms with E-state index in [4.69, 9.17) is 5.73 Å². The van der Waals surface area contributed by atoms with Crippen LogP contribution in [0.5, 0.6) is 0 Å². The maximum Gasteiger partial charge on any atom is 0.0794 e. The lowest BCUT2D eigenvalue weighted by Gasteiger charge is -2.21. The van der Waals surface area contributed by atoms with Gasteiger partial charge in [0.15, 0.2) is 0 Å². The molecule has 1 atom stereocenters. The quantitative estimate of drug-likeness (QED) is 0.788. The van der Waals surface area contributed by atoms with Gasteiger partial charge >= 0.3 is 0 Å². The fourth-order valence-electron chi connectivity index (χ4n) is 1.89. The summed E-state index contributed by atoms with van der Waals surface area (Å²) in [5.41, 5.74) is 7.59. The van der Waals surface area contributed by atoms with Crippen LogP contribution in [-0.2, 0) is 6.54 Å². The number of thiazole rings is 1. The average Bonchev–Trinajstić information content (AvgIpc) is 2.76. The Labute approximate surface area is 82.6 Å². The van der Waals surface area contributed by atoms with Gasteiger partial charge in [-0.05, 0) is 19.4 Å². The lowest BCUT2D eigenvalue weighted by atomic mass is 10.2. The average molecular weight is 197 g/mol. The molecule has 0 aliphatic carbocycles. The lowest BCUT2D eigenvalue weighted by molar-refractivity contribution is 0.252. The van der Waals surface area contributed by atoms with E-state index in [0.717, 1.165) is 13.1 Å². The summed E-state index contributed by atoms with van der Waals surface area (Å²) in [4.78, 5) is 7.89. The van der Waals surface area contributed by atoms with Gasteiger partial charge in [-0.2, -0.15) is 0 Å². The van der Waals surface area contributed by atoms with Crippen molar-refractivity contribution in [1.82, 2.24) is 9.88 Å². The largest absolute Gasteiger partial charge is 0.329 e. The highest BCUT2D eigenvalue weighted by molar-refractivity contribution is 7.09. The highest BCUT2D eigenvalue weighted by Crippen LogP contribution is 2.20. The molecular formula is C9H15N3S. The van der Waals surface area contributed by atoms with Gasteiger partial charge in [0.1, 0.15) is 0 Å². The molecular weight excluding hydrogens is 182 g/mol. The van der Waals surface area contributed by atoms with E-state index in [2.05, 4.69) is 9.88 Å². The topological polar surface area (TPSA) is 42.1 Å². The van der Waals surface area contributed by atoms with Gasteiger partial charge in [-0.25, -0.2) is 0 Å². The second kappa shape index (κ2) is 4.17. The summed E-state index contributed by atoms with van der Waals surface area (Å²) >= 11 is 1.73. The van der Waals surface area contributed by atoms with Crippen LogP contribution < -0.4 is 5.73 Å². The third-order valence-electron chi connectivity index (χ3n) is 2.61. The van der Waals surface area contributed by atoms with Gasteiger partial charge in [-0.15, -0.1) is 11.3 Å². The Morgan fingerprint density at radius 3 is 3.31 bits per heavy atom. The van der Waals surface area contributed by atoms with Crippen molar-refractivity contribution in [3.63, 3.8) is 0 Å². The van der Waals surface area contributed by atoms with Crippen molar-refractivity contribution < 1.29 is 0 Å². The first kappa shape index (κ1) is 9.12. The molecule has 2 N–H and O–H groups in total. The molecule has 0 bridgehead atoms. The molecule has 1 saturated heterocycles. The van der Waals surface area contributed by atoms with Crippen LogP contribution in [0, 0.1) is 0 Å². The standard InChI is InChI=1S/C9H15N3S/c10-4-8-2-1-3-12(8)6-9-5-11-7-13-9/h5,7-8H,1-4,6,10H2/t8-/m1/s1. The third kappa shape index (κ3) is 2.07. The zero-order chi connectivity index (χ0) is 9.10. The lowest BCUT2D eigenvalue weighted by Crippen LogP contribution is -2.34. The van der Waals surface area contributed by atoms with Crippen LogP contribution >= 0.6 is 11.3 Å². The van der Waals surface area contributed by atoms with Crippen LogP contribution in [0.15, 0.2) is 11.7 Å². The summed E-state index contributed by atoms with van der Waals surface area (Å²) in [6.07, 6.45) is 4.51. The molecule has 1 aliphatic rings. The molecule has 0 amide bonds. The van der Waals surface area contributed by atoms with Gasteiger partial charge in [0.25, 0.3) is 0 Å². The number of rotatable bonds is 3. The van der Waals surface area contributed by atoms with Crippen molar-refractivity contribution in [3.05, 3.63) is 16.6 Å². The highest BCUT2D eigenvalue weighted by Gasteiger charge is 2.22. The molecule has 13 heavy (non-hydrogen) atoms. The van der Waals surface area contributed by atoms with Crippen molar-refractivity contribution in [2.75, 3.05) is 13.1 Å². The molecule has 1 aromatic heterocycles. The smallest absolute Gasteiger partial charge is 0.0794 e. The first-order valence-electron chi connectivity index (χ1n) is 4.71. The van der Waals surface area contributed by atoms with Crippen molar-refractivity contribution in [2.45, 2.75) is 25.4 Å². The molecule has 0 unspecified atom stereocenters. The first-order chi connectivity index (χ1) is 6.40. The molecule has 0 saturated carbocycles. The second-order valence-corrected chi connectivity index (χ2v) is 4.44. The van der Waals surface area contributed by atoms with E-state index in [1.54, 1.807) is 11.3 Å². The van der Waals surface area contributed by atoms with Crippen LogP contribution in [0.25, 0.3) is 0 Å². The number of hydrogen-bond acceptors (Lipinski definition) is 4. The monoisotopic (exact) mass is 197 g/mol. The number of nitrogens with two attached hydrogens (primary N) is 1. The molecule has 2 heterocycles. The Morgan fingerprint density at radius 2 is 2.62 bits per heavy atom. The predicted molar refractivity (Wildman–Crippen MR) is 54.6 cm³/mol. The Balaban J connectivity index is 1.94.